The Labute approximate surface area is 122 Å². The topological polar surface area (TPSA) is 108 Å². The van der Waals surface area contributed by atoms with Gasteiger partial charge in [0.05, 0.1) is 6.61 Å². The lowest BCUT2D eigenvalue weighted by Crippen LogP contribution is -2.29. The van der Waals surface area contributed by atoms with E-state index in [0.717, 1.165) is 5.56 Å². The van der Waals surface area contributed by atoms with E-state index in [0.29, 0.717) is 24.7 Å². The monoisotopic (exact) mass is 287 g/mol. The third-order valence-electron chi connectivity index (χ3n) is 2.88. The molecule has 0 saturated heterocycles. The number of rotatable bonds is 6. The highest BCUT2D eigenvalue weighted by atomic mass is 16.4. The van der Waals surface area contributed by atoms with Gasteiger partial charge < -0.3 is 20.9 Å². The summed E-state index contributed by atoms with van der Waals surface area (Å²) in [6.45, 7) is 0.916. The van der Waals surface area contributed by atoms with Gasteiger partial charge in [0.1, 0.15) is 5.69 Å². The number of hydrogen-bond acceptors (Lipinski definition) is 6. The number of anilines is 1. The van der Waals surface area contributed by atoms with Gasteiger partial charge in [-0.3, -0.25) is 0 Å². The molecule has 0 saturated carbocycles. The van der Waals surface area contributed by atoms with E-state index in [2.05, 4.69) is 15.1 Å². The number of nitrogens with two attached hydrogens (primary N) is 1. The summed E-state index contributed by atoms with van der Waals surface area (Å²) in [5, 5.41) is 20.8. The zero-order valence-corrected chi connectivity index (χ0v) is 11.4. The van der Waals surface area contributed by atoms with Crippen LogP contribution in [0.1, 0.15) is 11.3 Å². The number of aliphatic hydroxyl groups is 1. The van der Waals surface area contributed by atoms with Gasteiger partial charge in [0.15, 0.2) is 5.84 Å². The largest absolute Gasteiger partial charge is 0.409 e. The fourth-order valence-corrected chi connectivity index (χ4v) is 1.87. The zero-order chi connectivity index (χ0) is 15.1. The maximum absolute atomic E-state index is 9.22. The Morgan fingerprint density at radius 3 is 2.67 bits per heavy atom. The molecule has 0 atom stereocenters. The van der Waals surface area contributed by atoms with Crippen LogP contribution in [0.5, 0.6) is 0 Å². The maximum atomic E-state index is 9.22. The van der Waals surface area contributed by atoms with Crippen molar-refractivity contribution in [2.24, 2.45) is 10.9 Å². The number of nitrogens with zero attached hydrogens (tertiary/aromatic N) is 4. The predicted octanol–water partition coefficient (Wildman–Crippen LogP) is 0.570. The number of oxime groups is 1. The fourth-order valence-electron chi connectivity index (χ4n) is 1.87. The molecule has 2 aromatic rings. The molecule has 0 radical (unpaired) electrons. The lowest BCUT2D eigenvalue weighted by molar-refractivity contribution is 0.300. The minimum absolute atomic E-state index is 0.0238. The van der Waals surface area contributed by atoms with Crippen LogP contribution in [0.15, 0.2) is 47.8 Å². The van der Waals surface area contributed by atoms with Gasteiger partial charge in [-0.25, -0.2) is 9.97 Å². The van der Waals surface area contributed by atoms with Crippen LogP contribution in [-0.4, -0.2) is 39.3 Å². The van der Waals surface area contributed by atoms with Crippen molar-refractivity contribution < 1.29 is 10.3 Å². The second-order valence-electron chi connectivity index (χ2n) is 4.36. The van der Waals surface area contributed by atoms with E-state index >= 15 is 0 Å². The Morgan fingerprint density at radius 2 is 2.00 bits per heavy atom. The Balaban J connectivity index is 2.25. The van der Waals surface area contributed by atoms with Gasteiger partial charge >= 0.3 is 0 Å². The van der Waals surface area contributed by atoms with Crippen molar-refractivity contribution >= 4 is 11.8 Å². The summed E-state index contributed by atoms with van der Waals surface area (Å²) in [5.74, 6) is 0.333. The van der Waals surface area contributed by atoms with Crippen LogP contribution in [0.2, 0.25) is 0 Å². The summed E-state index contributed by atoms with van der Waals surface area (Å²) in [4.78, 5) is 10.3. The van der Waals surface area contributed by atoms with Crippen LogP contribution in [0.3, 0.4) is 0 Å². The van der Waals surface area contributed by atoms with Gasteiger partial charge in [0, 0.05) is 19.3 Å². The van der Waals surface area contributed by atoms with Crippen LogP contribution in [0.4, 0.5) is 5.95 Å². The first kappa shape index (κ1) is 14.7. The van der Waals surface area contributed by atoms with Crippen molar-refractivity contribution in [1.29, 1.82) is 0 Å². The summed E-state index contributed by atoms with van der Waals surface area (Å²) >= 11 is 0. The predicted molar refractivity (Wildman–Crippen MR) is 79.1 cm³/mol. The normalized spacial score (nSPS) is 11.4. The molecule has 2 rings (SSSR count). The second-order valence-corrected chi connectivity index (χ2v) is 4.36. The molecule has 7 nitrogen and oxygen atoms in total. The molecule has 0 fully saturated rings. The lowest BCUT2D eigenvalue weighted by atomic mass is 10.2. The third-order valence-corrected chi connectivity index (χ3v) is 2.88. The molecule has 0 unspecified atom stereocenters. The van der Waals surface area contributed by atoms with E-state index in [9.17, 15) is 5.11 Å². The molecule has 7 heteroatoms. The summed E-state index contributed by atoms with van der Waals surface area (Å²) in [5.41, 5.74) is 6.94. The van der Waals surface area contributed by atoms with Crippen molar-refractivity contribution in [2.75, 3.05) is 18.1 Å². The Bertz CT molecular complexity index is 603. The molecule has 0 aliphatic carbocycles. The molecule has 1 aromatic heterocycles. The van der Waals surface area contributed by atoms with Crippen molar-refractivity contribution in [1.82, 2.24) is 9.97 Å². The van der Waals surface area contributed by atoms with E-state index in [1.165, 1.54) is 6.20 Å². The van der Waals surface area contributed by atoms with Crippen molar-refractivity contribution in [2.45, 2.75) is 6.54 Å². The molecule has 110 valence electrons. The fraction of sp³-hybridized carbons (Fsp3) is 0.214. The van der Waals surface area contributed by atoms with Crippen LogP contribution in [-0.2, 0) is 6.54 Å². The first-order chi connectivity index (χ1) is 10.2. The van der Waals surface area contributed by atoms with Gasteiger partial charge in [-0.05, 0) is 11.6 Å². The molecular weight excluding hydrogens is 270 g/mol. The van der Waals surface area contributed by atoms with Crippen LogP contribution in [0, 0.1) is 0 Å². The van der Waals surface area contributed by atoms with Crippen molar-refractivity contribution in [3.8, 4) is 0 Å². The number of benzene rings is 1. The molecule has 0 spiro atoms. The van der Waals surface area contributed by atoms with Crippen molar-refractivity contribution in [3.63, 3.8) is 0 Å². The molecule has 0 bridgehead atoms. The highest BCUT2D eigenvalue weighted by molar-refractivity contribution is 5.95. The molecule has 0 aliphatic heterocycles. The van der Waals surface area contributed by atoms with Gasteiger partial charge in [-0.1, -0.05) is 35.5 Å². The van der Waals surface area contributed by atoms with Crippen molar-refractivity contribution in [3.05, 3.63) is 53.9 Å². The lowest BCUT2D eigenvalue weighted by Gasteiger charge is -2.22. The van der Waals surface area contributed by atoms with Crippen LogP contribution < -0.4 is 10.6 Å². The molecular formula is C14H17N5O2. The third kappa shape index (κ3) is 3.90. The zero-order valence-electron chi connectivity index (χ0n) is 11.4. The standard InChI is InChI=1S/C14H17N5O2/c15-13(18-21)12-6-7-16-14(17-12)19(8-9-20)10-11-4-2-1-3-5-11/h1-7,20-21H,8-10H2,(H2,15,18). The Kier molecular flexibility index (Phi) is 5.05. The highest BCUT2D eigenvalue weighted by Crippen LogP contribution is 2.12. The molecule has 1 heterocycles. The molecule has 1 aromatic carbocycles. The summed E-state index contributed by atoms with van der Waals surface area (Å²) in [6, 6.07) is 11.4. The Hall–Kier alpha value is -2.67. The average Bonchev–Trinajstić information content (AvgIpc) is 2.55. The smallest absolute Gasteiger partial charge is 0.226 e. The average molecular weight is 287 g/mol. The van der Waals surface area contributed by atoms with Crippen LogP contribution in [0.25, 0.3) is 0 Å². The van der Waals surface area contributed by atoms with E-state index in [1.807, 2.05) is 35.2 Å². The molecule has 21 heavy (non-hydrogen) atoms. The van der Waals surface area contributed by atoms with E-state index in [-0.39, 0.29) is 12.4 Å². The number of amidine groups is 1. The second kappa shape index (κ2) is 7.20. The number of hydrogen-bond donors (Lipinski definition) is 3. The molecule has 0 aliphatic rings. The summed E-state index contributed by atoms with van der Waals surface area (Å²) in [6.07, 6.45) is 1.53. The van der Waals surface area contributed by atoms with Gasteiger partial charge in [-0.15, -0.1) is 0 Å². The highest BCUT2D eigenvalue weighted by Gasteiger charge is 2.12. The van der Waals surface area contributed by atoms with E-state index < -0.39 is 0 Å². The number of aromatic nitrogens is 2. The van der Waals surface area contributed by atoms with Gasteiger partial charge in [-0.2, -0.15) is 0 Å². The summed E-state index contributed by atoms with van der Waals surface area (Å²) < 4.78 is 0. The van der Waals surface area contributed by atoms with Gasteiger partial charge in [0.25, 0.3) is 0 Å². The van der Waals surface area contributed by atoms with E-state index in [4.69, 9.17) is 10.9 Å². The SMILES string of the molecule is N/C(=N/O)c1ccnc(N(CCO)Cc2ccccc2)n1. The first-order valence-corrected chi connectivity index (χ1v) is 6.45. The minimum Gasteiger partial charge on any atom is -0.409 e. The van der Waals surface area contributed by atoms with Crippen LogP contribution >= 0.6 is 0 Å². The molecule has 0 amide bonds. The number of aliphatic hydroxyl groups excluding tert-OH is 1. The Morgan fingerprint density at radius 1 is 1.24 bits per heavy atom. The van der Waals surface area contributed by atoms with E-state index in [1.54, 1.807) is 6.07 Å². The summed E-state index contributed by atoms with van der Waals surface area (Å²) in [7, 11) is 0. The quantitative estimate of drug-likeness (QED) is 0.310. The van der Waals surface area contributed by atoms with Gasteiger partial charge in [0.2, 0.25) is 5.95 Å². The molecule has 4 N–H and O–H groups in total. The maximum Gasteiger partial charge on any atom is 0.226 e. The first-order valence-electron chi connectivity index (χ1n) is 6.45. The minimum atomic E-state index is -0.0812.